The highest BCUT2D eigenvalue weighted by molar-refractivity contribution is 8.00. The summed E-state index contributed by atoms with van der Waals surface area (Å²) in [5.74, 6) is 0.800. The fraction of sp³-hybridized carbons (Fsp3) is 0.923. The van der Waals surface area contributed by atoms with Gasteiger partial charge in [-0.3, -0.25) is 0 Å². The minimum atomic E-state index is -0.0928. The van der Waals surface area contributed by atoms with E-state index in [9.17, 15) is 5.26 Å². The van der Waals surface area contributed by atoms with E-state index >= 15 is 0 Å². The average Bonchev–Trinajstić information content (AvgIpc) is 2.31. The summed E-state index contributed by atoms with van der Waals surface area (Å²) in [5.41, 5.74) is 0. The van der Waals surface area contributed by atoms with Crippen molar-refractivity contribution >= 4 is 11.8 Å². The molecule has 2 nitrogen and oxygen atoms in total. The molecule has 0 aromatic rings. The van der Waals surface area contributed by atoms with Crippen LogP contribution < -0.4 is 0 Å². The highest BCUT2D eigenvalue weighted by Crippen LogP contribution is 2.33. The van der Waals surface area contributed by atoms with Gasteiger partial charge in [-0.15, -0.1) is 11.8 Å². The maximum atomic E-state index is 9.20. The van der Waals surface area contributed by atoms with Crippen molar-refractivity contribution < 1.29 is 0 Å². The van der Waals surface area contributed by atoms with Crippen molar-refractivity contribution in [1.82, 2.24) is 4.90 Å². The molecular formula is C13H24N2S. The zero-order chi connectivity index (χ0) is 12.0. The van der Waals surface area contributed by atoms with Gasteiger partial charge in [0.15, 0.2) is 0 Å². The maximum absolute atomic E-state index is 9.20. The number of nitriles is 1. The maximum Gasteiger partial charge on any atom is 0.104 e. The molecule has 1 heterocycles. The Bertz CT molecular complexity index is 239. The first-order chi connectivity index (χ1) is 7.65. The van der Waals surface area contributed by atoms with Crippen molar-refractivity contribution in [2.24, 2.45) is 5.92 Å². The molecule has 0 aromatic carbocycles. The first-order valence-electron chi connectivity index (χ1n) is 6.34. The van der Waals surface area contributed by atoms with E-state index in [1.165, 1.54) is 19.4 Å². The van der Waals surface area contributed by atoms with Crippen molar-refractivity contribution in [3.05, 3.63) is 0 Å². The SMILES string of the molecule is CCCC(C)CN1CCC(C#N)(SC)CC1. The molecule has 0 N–H and O–H groups in total. The van der Waals surface area contributed by atoms with E-state index in [1.54, 1.807) is 11.8 Å². The van der Waals surface area contributed by atoms with E-state index in [2.05, 4.69) is 31.1 Å². The second kappa shape index (κ2) is 6.51. The van der Waals surface area contributed by atoms with Gasteiger partial charge in [0.2, 0.25) is 0 Å². The number of hydrogen-bond donors (Lipinski definition) is 0. The van der Waals surface area contributed by atoms with Crippen LogP contribution in [0, 0.1) is 17.2 Å². The number of thioether (sulfide) groups is 1. The molecule has 0 bridgehead atoms. The molecule has 1 saturated heterocycles. The molecule has 3 heteroatoms. The molecule has 1 atom stereocenters. The molecule has 16 heavy (non-hydrogen) atoms. The van der Waals surface area contributed by atoms with E-state index < -0.39 is 0 Å². The van der Waals surface area contributed by atoms with E-state index in [0.29, 0.717) is 0 Å². The average molecular weight is 240 g/mol. The Morgan fingerprint density at radius 2 is 2.06 bits per heavy atom. The zero-order valence-electron chi connectivity index (χ0n) is 10.8. The van der Waals surface area contributed by atoms with Crippen LogP contribution in [0.2, 0.25) is 0 Å². The van der Waals surface area contributed by atoms with E-state index in [1.807, 2.05) is 0 Å². The Balaban J connectivity index is 2.35. The lowest BCUT2D eigenvalue weighted by Gasteiger charge is -2.37. The number of piperidine rings is 1. The van der Waals surface area contributed by atoms with Crippen LogP contribution in [0.25, 0.3) is 0 Å². The van der Waals surface area contributed by atoms with Gasteiger partial charge in [-0.1, -0.05) is 20.3 Å². The van der Waals surface area contributed by atoms with Crippen molar-refractivity contribution in [2.45, 2.75) is 44.3 Å². The quantitative estimate of drug-likeness (QED) is 0.738. The predicted molar refractivity (Wildman–Crippen MR) is 71.6 cm³/mol. The van der Waals surface area contributed by atoms with Crippen LogP contribution in [0.1, 0.15) is 39.5 Å². The van der Waals surface area contributed by atoms with Crippen molar-refractivity contribution in [1.29, 1.82) is 5.26 Å². The predicted octanol–water partition coefficient (Wildman–Crippen LogP) is 3.14. The van der Waals surface area contributed by atoms with Gasteiger partial charge in [-0.2, -0.15) is 5.26 Å². The summed E-state index contributed by atoms with van der Waals surface area (Å²) < 4.78 is -0.0928. The van der Waals surface area contributed by atoms with E-state index in [0.717, 1.165) is 31.8 Å². The smallest absolute Gasteiger partial charge is 0.104 e. The second-order valence-electron chi connectivity index (χ2n) is 5.00. The molecule has 1 aliphatic heterocycles. The molecule has 1 unspecified atom stereocenters. The third-order valence-electron chi connectivity index (χ3n) is 3.61. The Morgan fingerprint density at radius 1 is 1.44 bits per heavy atom. The van der Waals surface area contributed by atoms with Crippen LogP contribution in [0.4, 0.5) is 0 Å². The number of hydrogen-bond acceptors (Lipinski definition) is 3. The van der Waals surface area contributed by atoms with Gasteiger partial charge < -0.3 is 4.90 Å². The Morgan fingerprint density at radius 3 is 2.50 bits per heavy atom. The molecule has 0 radical (unpaired) electrons. The lowest BCUT2D eigenvalue weighted by molar-refractivity contribution is 0.187. The third kappa shape index (κ3) is 3.68. The van der Waals surface area contributed by atoms with Crippen LogP contribution in [0.15, 0.2) is 0 Å². The van der Waals surface area contributed by atoms with E-state index in [-0.39, 0.29) is 4.75 Å². The highest BCUT2D eigenvalue weighted by atomic mass is 32.2. The summed E-state index contributed by atoms with van der Waals surface area (Å²) in [6, 6.07) is 2.50. The van der Waals surface area contributed by atoms with Crippen LogP contribution in [0.3, 0.4) is 0 Å². The van der Waals surface area contributed by atoms with Gasteiger partial charge in [-0.25, -0.2) is 0 Å². The van der Waals surface area contributed by atoms with Crippen LogP contribution in [0.5, 0.6) is 0 Å². The fourth-order valence-corrected chi connectivity index (χ4v) is 3.17. The van der Waals surface area contributed by atoms with Crippen LogP contribution in [-0.2, 0) is 0 Å². The minimum absolute atomic E-state index is 0.0928. The second-order valence-corrected chi connectivity index (χ2v) is 6.19. The number of likely N-dealkylation sites (tertiary alicyclic amines) is 1. The molecule has 0 aromatic heterocycles. The summed E-state index contributed by atoms with van der Waals surface area (Å²) in [4.78, 5) is 2.53. The largest absolute Gasteiger partial charge is 0.303 e. The normalized spacial score (nSPS) is 22.6. The minimum Gasteiger partial charge on any atom is -0.303 e. The van der Waals surface area contributed by atoms with Crippen molar-refractivity contribution in [2.75, 3.05) is 25.9 Å². The molecule has 1 fully saturated rings. The topological polar surface area (TPSA) is 27.0 Å². The number of rotatable bonds is 5. The molecule has 1 rings (SSSR count). The van der Waals surface area contributed by atoms with Crippen molar-refractivity contribution in [3.63, 3.8) is 0 Å². The molecule has 92 valence electrons. The zero-order valence-corrected chi connectivity index (χ0v) is 11.6. The summed E-state index contributed by atoms with van der Waals surface area (Å²) >= 11 is 1.74. The summed E-state index contributed by atoms with van der Waals surface area (Å²) in [6.07, 6.45) is 6.73. The highest BCUT2D eigenvalue weighted by Gasteiger charge is 2.33. The van der Waals surface area contributed by atoms with Crippen LogP contribution >= 0.6 is 11.8 Å². The number of nitrogens with zero attached hydrogens (tertiary/aromatic N) is 2. The van der Waals surface area contributed by atoms with E-state index in [4.69, 9.17) is 0 Å². The molecule has 0 aliphatic carbocycles. The van der Waals surface area contributed by atoms with Gasteiger partial charge in [0.1, 0.15) is 4.75 Å². The van der Waals surface area contributed by atoms with Gasteiger partial charge in [0, 0.05) is 19.6 Å². The standard InChI is InChI=1S/C13H24N2S/c1-4-5-12(2)10-15-8-6-13(11-14,16-3)7-9-15/h12H,4-10H2,1-3H3. The van der Waals surface area contributed by atoms with Crippen LogP contribution in [-0.4, -0.2) is 35.5 Å². The Labute approximate surface area is 104 Å². The summed E-state index contributed by atoms with van der Waals surface area (Å²) in [6.45, 7) is 8.00. The monoisotopic (exact) mass is 240 g/mol. The molecule has 1 aliphatic rings. The van der Waals surface area contributed by atoms with Gasteiger partial charge in [0.05, 0.1) is 6.07 Å². The Hall–Kier alpha value is -0.200. The van der Waals surface area contributed by atoms with Crippen molar-refractivity contribution in [3.8, 4) is 6.07 Å². The van der Waals surface area contributed by atoms with Gasteiger partial charge in [-0.05, 0) is 31.4 Å². The third-order valence-corrected chi connectivity index (χ3v) is 4.89. The van der Waals surface area contributed by atoms with Gasteiger partial charge in [0.25, 0.3) is 0 Å². The lowest BCUT2D eigenvalue weighted by Crippen LogP contribution is -2.43. The molecule has 0 amide bonds. The molecule has 0 spiro atoms. The fourth-order valence-electron chi connectivity index (χ4n) is 2.48. The Kier molecular flexibility index (Phi) is 5.64. The summed E-state index contributed by atoms with van der Waals surface area (Å²) in [5, 5.41) is 9.20. The first kappa shape index (κ1) is 13.9. The summed E-state index contributed by atoms with van der Waals surface area (Å²) in [7, 11) is 0. The molecule has 0 saturated carbocycles. The first-order valence-corrected chi connectivity index (χ1v) is 7.57. The molecular weight excluding hydrogens is 216 g/mol. The van der Waals surface area contributed by atoms with Gasteiger partial charge >= 0.3 is 0 Å². The lowest BCUT2D eigenvalue weighted by atomic mass is 9.96.